The standard InChI is InChI=1S/C28H50BN7O6/c1-18(2)14-23(29-41-22-16-19-15-21(27(19,3)4)28(22,5)42-29)33-25(38)20(10-9-11-31-26(30)34-36(39)40)32-24(37)17-35-12-7-6-8-13-35/h18-23H,6-17H2,1-5H3,(H,32,37)(H,33,38)(H3,30,31,34)/t19-,20-,21-,22+,23-,28-/m0/s1. The summed E-state index contributed by atoms with van der Waals surface area (Å²) in [5.41, 5.74) is 7.16. The number of rotatable bonds is 13. The molecule has 3 saturated carbocycles. The van der Waals surface area contributed by atoms with Gasteiger partial charge in [0.05, 0.1) is 24.2 Å². The molecule has 2 bridgehead atoms. The molecule has 5 aliphatic rings. The fraction of sp³-hybridized carbons (Fsp3) is 0.893. The number of carbonyl (C=O) groups is 2. The van der Waals surface area contributed by atoms with Gasteiger partial charge in [-0.2, -0.15) is 0 Å². The summed E-state index contributed by atoms with van der Waals surface area (Å²) in [5.74, 6) is 0.126. The van der Waals surface area contributed by atoms with E-state index in [1.54, 1.807) is 0 Å². The number of nitrogens with two attached hydrogens (primary N) is 1. The molecule has 5 N–H and O–H groups in total. The molecule has 0 aromatic heterocycles. The lowest BCUT2D eigenvalue weighted by Gasteiger charge is -2.64. The van der Waals surface area contributed by atoms with Crippen molar-refractivity contribution in [1.29, 1.82) is 0 Å². The Hall–Kier alpha value is -2.45. The lowest BCUT2D eigenvalue weighted by atomic mass is 9.43. The third-order valence-electron chi connectivity index (χ3n) is 9.96. The quantitative estimate of drug-likeness (QED) is 0.0620. The molecule has 2 amide bonds. The van der Waals surface area contributed by atoms with Crippen LogP contribution in [0.1, 0.15) is 86.0 Å². The van der Waals surface area contributed by atoms with Gasteiger partial charge in [0.25, 0.3) is 5.96 Å². The highest BCUT2D eigenvalue weighted by atomic mass is 16.7. The molecular formula is C28H50BN7O6. The van der Waals surface area contributed by atoms with E-state index in [1.807, 2.05) is 5.43 Å². The van der Waals surface area contributed by atoms with E-state index in [4.69, 9.17) is 15.0 Å². The zero-order chi connectivity index (χ0) is 30.7. The van der Waals surface area contributed by atoms with Gasteiger partial charge in [0.15, 0.2) is 5.03 Å². The normalized spacial score (nSPS) is 30.2. The molecular weight excluding hydrogens is 541 g/mol. The van der Waals surface area contributed by atoms with Crippen molar-refractivity contribution in [2.24, 2.45) is 33.9 Å². The number of guanidine groups is 1. The molecule has 0 radical (unpaired) electrons. The van der Waals surface area contributed by atoms with Crippen molar-refractivity contribution >= 4 is 24.9 Å². The van der Waals surface area contributed by atoms with Crippen molar-refractivity contribution in [2.75, 3.05) is 26.2 Å². The van der Waals surface area contributed by atoms with Gasteiger partial charge in [-0.1, -0.05) is 39.5 Å². The maximum absolute atomic E-state index is 13.8. The first-order chi connectivity index (χ1) is 19.8. The van der Waals surface area contributed by atoms with E-state index in [9.17, 15) is 19.7 Å². The molecule has 3 aliphatic carbocycles. The number of likely N-dealkylation sites (tertiary alicyclic amines) is 1. The van der Waals surface area contributed by atoms with Crippen LogP contribution in [0.3, 0.4) is 0 Å². The van der Waals surface area contributed by atoms with Crippen LogP contribution in [0, 0.1) is 33.3 Å². The zero-order valence-electron chi connectivity index (χ0n) is 25.9. The van der Waals surface area contributed by atoms with Crippen molar-refractivity contribution < 1.29 is 23.9 Å². The van der Waals surface area contributed by atoms with Gasteiger partial charge in [-0.3, -0.25) is 14.5 Å². The molecule has 2 heterocycles. The summed E-state index contributed by atoms with van der Waals surface area (Å²) in [7, 11) is -0.566. The maximum Gasteiger partial charge on any atom is 0.481 e. The minimum absolute atomic E-state index is 0.00183. The second-order valence-electron chi connectivity index (χ2n) is 13.8. The van der Waals surface area contributed by atoms with Crippen LogP contribution in [0.4, 0.5) is 0 Å². The number of hydrazine groups is 1. The summed E-state index contributed by atoms with van der Waals surface area (Å²) in [6.45, 7) is 13.1. The Morgan fingerprint density at radius 2 is 1.88 bits per heavy atom. The Kier molecular flexibility index (Phi) is 10.4. The Morgan fingerprint density at radius 1 is 1.17 bits per heavy atom. The molecule has 0 unspecified atom stereocenters. The average Bonchev–Trinajstić information content (AvgIpc) is 3.27. The van der Waals surface area contributed by atoms with Gasteiger partial charge in [-0.05, 0) is 88.1 Å². The number of carbonyl (C=O) groups excluding carboxylic acids is 2. The molecule has 42 heavy (non-hydrogen) atoms. The first-order valence-corrected chi connectivity index (χ1v) is 15.7. The van der Waals surface area contributed by atoms with Crippen LogP contribution < -0.4 is 21.8 Å². The summed E-state index contributed by atoms with van der Waals surface area (Å²) < 4.78 is 13.2. The lowest BCUT2D eigenvalue weighted by molar-refractivity contribution is -0.525. The van der Waals surface area contributed by atoms with Gasteiger partial charge in [0.2, 0.25) is 11.8 Å². The summed E-state index contributed by atoms with van der Waals surface area (Å²) in [4.78, 5) is 43.4. The molecule has 0 aromatic carbocycles. The number of hydrogen-bond acceptors (Lipinski definition) is 8. The Morgan fingerprint density at radius 3 is 2.52 bits per heavy atom. The third kappa shape index (κ3) is 7.54. The van der Waals surface area contributed by atoms with Crippen molar-refractivity contribution in [2.45, 2.75) is 110 Å². The highest BCUT2D eigenvalue weighted by molar-refractivity contribution is 6.48. The molecule has 6 atom stereocenters. The smallest absolute Gasteiger partial charge is 0.404 e. The van der Waals surface area contributed by atoms with Gasteiger partial charge in [0, 0.05) is 6.54 Å². The van der Waals surface area contributed by atoms with E-state index in [1.165, 1.54) is 6.42 Å². The van der Waals surface area contributed by atoms with Crippen LogP contribution in [-0.4, -0.2) is 84.7 Å². The van der Waals surface area contributed by atoms with Gasteiger partial charge < -0.3 is 25.7 Å². The largest absolute Gasteiger partial charge is 0.481 e. The maximum atomic E-state index is 13.8. The van der Waals surface area contributed by atoms with Crippen LogP contribution in [-0.2, 0) is 18.9 Å². The highest BCUT2D eigenvalue weighted by Gasteiger charge is 2.68. The Labute approximate surface area is 249 Å². The zero-order valence-corrected chi connectivity index (χ0v) is 25.9. The third-order valence-corrected chi connectivity index (χ3v) is 9.96. The molecule has 0 aromatic rings. The minimum Gasteiger partial charge on any atom is -0.404 e. The number of aliphatic imine (C=N–C) groups is 1. The van der Waals surface area contributed by atoms with Gasteiger partial charge in [0.1, 0.15) is 6.04 Å². The number of nitrogens with one attached hydrogen (secondary N) is 3. The number of piperidine rings is 1. The summed E-state index contributed by atoms with van der Waals surface area (Å²) in [6, 6.07) is -0.803. The average molecular weight is 592 g/mol. The number of amides is 2. The van der Waals surface area contributed by atoms with Crippen LogP contribution in [0.15, 0.2) is 4.99 Å². The van der Waals surface area contributed by atoms with E-state index in [0.29, 0.717) is 31.1 Å². The van der Waals surface area contributed by atoms with Crippen LogP contribution in [0.2, 0.25) is 0 Å². The topological polar surface area (TPSA) is 173 Å². The number of nitro groups is 1. The van der Waals surface area contributed by atoms with Crippen LogP contribution in [0.25, 0.3) is 0 Å². The molecule has 13 nitrogen and oxygen atoms in total. The Bertz CT molecular complexity index is 1020. The van der Waals surface area contributed by atoms with E-state index >= 15 is 0 Å². The fourth-order valence-corrected chi connectivity index (χ4v) is 7.55. The monoisotopic (exact) mass is 591 g/mol. The summed E-state index contributed by atoms with van der Waals surface area (Å²) in [5, 5.41) is 15.9. The predicted octanol–water partition coefficient (Wildman–Crippen LogP) is 1.63. The molecule has 14 heteroatoms. The first kappa shape index (κ1) is 32.5. The SMILES string of the molecule is CC(C)C[C@H](NC(=O)[C@H](CCCN=C(N)N[N+](=O)[O-])NC(=O)CN1CCCCC1)B1O[C@@H]2C[C@@H]3C[C@@H](C3(C)C)[C@]2(C)O1. The van der Waals surface area contributed by atoms with Crippen molar-refractivity contribution in [3.63, 3.8) is 0 Å². The predicted molar refractivity (Wildman–Crippen MR) is 160 cm³/mol. The molecule has 0 spiro atoms. The lowest BCUT2D eigenvalue weighted by Crippen LogP contribution is -2.65. The van der Waals surface area contributed by atoms with E-state index in [0.717, 1.165) is 38.8 Å². The second-order valence-corrected chi connectivity index (χ2v) is 13.8. The van der Waals surface area contributed by atoms with Crippen molar-refractivity contribution in [3.8, 4) is 0 Å². The summed E-state index contributed by atoms with van der Waals surface area (Å²) >= 11 is 0. The number of hydrogen-bond donors (Lipinski definition) is 4. The number of nitrogens with zero attached hydrogens (tertiary/aromatic N) is 3. The minimum atomic E-state index is -0.803. The van der Waals surface area contributed by atoms with Gasteiger partial charge >= 0.3 is 7.12 Å². The van der Waals surface area contributed by atoms with E-state index < -0.39 is 18.2 Å². The molecule has 5 fully saturated rings. The second kappa shape index (κ2) is 13.5. The van der Waals surface area contributed by atoms with Crippen LogP contribution >= 0.6 is 0 Å². The Balaban J connectivity index is 1.42. The van der Waals surface area contributed by atoms with Gasteiger partial charge in [-0.25, -0.2) is 15.1 Å². The van der Waals surface area contributed by atoms with E-state index in [-0.39, 0.29) is 59.8 Å². The molecule has 5 rings (SSSR count). The van der Waals surface area contributed by atoms with Crippen molar-refractivity contribution in [3.05, 3.63) is 10.1 Å². The molecule has 2 saturated heterocycles. The molecule has 2 aliphatic heterocycles. The van der Waals surface area contributed by atoms with Gasteiger partial charge in [-0.15, -0.1) is 0 Å². The van der Waals surface area contributed by atoms with Crippen LogP contribution in [0.5, 0.6) is 0 Å². The summed E-state index contributed by atoms with van der Waals surface area (Å²) in [6.07, 6.45) is 6.75. The fourth-order valence-electron chi connectivity index (χ4n) is 7.55. The first-order valence-electron chi connectivity index (χ1n) is 15.7. The molecule has 236 valence electrons. The van der Waals surface area contributed by atoms with E-state index in [2.05, 4.69) is 55.1 Å². The van der Waals surface area contributed by atoms with Crippen molar-refractivity contribution in [1.82, 2.24) is 21.0 Å². The highest BCUT2D eigenvalue weighted by Crippen LogP contribution is 2.65.